The number of aromatic nitrogens is 2. The normalized spacial score (nSPS) is 19.6. The number of nitrogens with two attached hydrogens (primary N) is 1. The lowest BCUT2D eigenvalue weighted by molar-refractivity contribution is -0.122. The van der Waals surface area contributed by atoms with Gasteiger partial charge >= 0.3 is 12.2 Å². The van der Waals surface area contributed by atoms with Gasteiger partial charge in [0.2, 0.25) is 17.7 Å². The molecule has 10 heterocycles. The summed E-state index contributed by atoms with van der Waals surface area (Å²) in [6.07, 6.45) is 0.970. The summed E-state index contributed by atoms with van der Waals surface area (Å²) in [5, 5.41) is 13.7. The van der Waals surface area contributed by atoms with Crippen LogP contribution in [0.5, 0.6) is 11.5 Å². The number of nitrogens with one attached hydrogen (secondary N) is 1. The highest BCUT2D eigenvalue weighted by Crippen LogP contribution is 2.43. The Labute approximate surface area is 515 Å². The van der Waals surface area contributed by atoms with Gasteiger partial charge in [0.05, 0.1) is 86.4 Å². The molecule has 0 radical (unpaired) electrons. The van der Waals surface area contributed by atoms with Gasteiger partial charge in [0.25, 0.3) is 0 Å². The van der Waals surface area contributed by atoms with E-state index in [-0.39, 0.29) is 104 Å². The summed E-state index contributed by atoms with van der Waals surface area (Å²) >= 11 is 4.24. The van der Waals surface area contributed by atoms with Gasteiger partial charge in [-0.1, -0.05) is 30.9 Å². The number of hydrogen-bond acceptors (Lipinski definition) is 17. The van der Waals surface area contributed by atoms with Crippen molar-refractivity contribution in [1.82, 2.24) is 15.3 Å². The number of anilines is 5. The van der Waals surface area contributed by atoms with Gasteiger partial charge in [-0.15, -0.1) is 0 Å². The van der Waals surface area contributed by atoms with Crippen LogP contribution in [0.4, 0.5) is 51.5 Å². The van der Waals surface area contributed by atoms with Crippen LogP contribution in [-0.4, -0.2) is 142 Å². The Morgan fingerprint density at radius 1 is 0.663 bits per heavy atom. The summed E-state index contributed by atoms with van der Waals surface area (Å²) in [5.41, 5.74) is 11.8. The number of rotatable bonds is 12. The molecule has 8 aliphatic rings. The minimum absolute atomic E-state index is 0.00583. The predicted molar refractivity (Wildman–Crippen MR) is 326 cm³/mol. The maximum atomic E-state index is 14.5. The van der Waals surface area contributed by atoms with E-state index in [1.165, 1.54) is 48.8 Å². The van der Waals surface area contributed by atoms with Gasteiger partial charge in [-0.25, -0.2) is 32.7 Å². The van der Waals surface area contributed by atoms with Crippen LogP contribution in [0, 0.1) is 17.5 Å². The second-order valence-corrected chi connectivity index (χ2v) is 20.9. The van der Waals surface area contributed by atoms with Gasteiger partial charge in [0, 0.05) is 81.6 Å². The second-order valence-electron chi connectivity index (χ2n) is 20.9. The number of halogens is 5. The van der Waals surface area contributed by atoms with Crippen molar-refractivity contribution in [3.63, 3.8) is 0 Å². The number of likely N-dealkylation sites (N-methyl/N-ethyl adjacent to an activating group) is 3. The van der Waals surface area contributed by atoms with Gasteiger partial charge in [-0.3, -0.25) is 33.8 Å². The maximum absolute atomic E-state index is 14.5. The first-order valence-electron chi connectivity index (χ1n) is 27.3. The number of fused-ring (bicyclic) bond motifs is 5. The zero-order valence-corrected chi connectivity index (χ0v) is 51.2. The van der Waals surface area contributed by atoms with Crippen LogP contribution in [0.3, 0.4) is 0 Å². The van der Waals surface area contributed by atoms with Crippen molar-refractivity contribution < 1.29 is 75.5 Å². The number of ketones is 2. The van der Waals surface area contributed by atoms with Crippen LogP contribution in [-0.2, 0) is 70.3 Å². The van der Waals surface area contributed by atoms with Crippen LogP contribution in [0.25, 0.3) is 6.08 Å². The zero-order valence-electron chi connectivity index (χ0n) is 46.9. The van der Waals surface area contributed by atoms with E-state index < -0.39 is 30.2 Å². The van der Waals surface area contributed by atoms with Crippen molar-refractivity contribution >= 4 is 113 Å². The second kappa shape index (κ2) is 27.6. The molecule has 454 valence electrons. The fourth-order valence-corrected chi connectivity index (χ4v) is 10.8. The number of carbonyl (C=O) groups excluding carboxylic acids is 7. The number of aliphatic hydroxyl groups is 1. The monoisotopic (exact) mass is 1410 g/mol. The van der Waals surface area contributed by atoms with Gasteiger partial charge in [0.15, 0.2) is 11.6 Å². The molecular formula is C59H60F3I2N9O13. The van der Waals surface area contributed by atoms with Gasteiger partial charge in [-0.2, -0.15) is 0 Å². The lowest BCUT2D eigenvalue weighted by Gasteiger charge is -2.20. The molecule has 5 amide bonds. The molecule has 13 rings (SSSR count). The Morgan fingerprint density at radius 3 is 1.64 bits per heavy atom. The Kier molecular flexibility index (Phi) is 20.3. The van der Waals surface area contributed by atoms with Gasteiger partial charge in [0.1, 0.15) is 72.1 Å². The standard InChI is InChI=1S/C24H25FN4O6.C13H15N3O4.C11H10FNO2.C11H10FNO.I2/c1-28-21(32)8-13-2-3-16(25)22(23(13)28)18(31)10-26-7-6-15-11-29(24(33)35-15)20-5-4-19-17(27-20)9-14(30)12-34-19;14-4-3-9-6-16(13(18)20-9)12-2-1-11-10(15-12)5-8(17)7-19-11;1-13-9(14)4-6-2-3-7(12)10(11(6)13)8-5-15-8;1-3-8-9(12)5-4-7-6-10(14)13(2)11(7)8;1-2/h2-5,15,18,26,31H,6-12H2,1H3;1-2,9H,3-7,14H2;2-3,8H,4-5H2,1H3;3-5H,1,6H2,2H3;. The number of epoxide rings is 1. The van der Waals surface area contributed by atoms with E-state index in [1.807, 2.05) is 0 Å². The molecule has 0 saturated carbocycles. The van der Waals surface area contributed by atoms with Crippen molar-refractivity contribution in [2.45, 2.75) is 69.4 Å². The number of pyridine rings is 2. The van der Waals surface area contributed by atoms with Crippen LogP contribution < -0.4 is 45.0 Å². The van der Waals surface area contributed by atoms with Crippen molar-refractivity contribution in [3.8, 4) is 11.5 Å². The van der Waals surface area contributed by atoms with E-state index >= 15 is 0 Å². The van der Waals surface area contributed by atoms with Crippen LogP contribution in [0.15, 0.2) is 67.2 Å². The van der Waals surface area contributed by atoms with Crippen molar-refractivity contribution in [2.75, 3.05) is 98.2 Å². The SMILES string of the molecule is C=Cc1c(F)ccc2c1N(C)C(=O)C2.CN1C(=O)Cc2ccc(F)c(C(O)CNCCC3CN(c4ccc5c(n4)CC(=O)CO5)C(=O)O3)c21.CN1C(=O)Cc2ccc(F)c(C3CO3)c21.II.NCCC1CN(c2ccc3c(n2)CC(=O)CO3)C(=O)O1. The first-order chi connectivity index (χ1) is 41.3. The number of carbonyl (C=O) groups is 7. The first kappa shape index (κ1) is 63.2. The summed E-state index contributed by atoms with van der Waals surface area (Å²) in [6.45, 7) is 5.87. The molecule has 5 aromatic rings. The molecule has 3 fully saturated rings. The fourth-order valence-electron chi connectivity index (χ4n) is 10.8. The summed E-state index contributed by atoms with van der Waals surface area (Å²) in [6, 6.07) is 15.7. The summed E-state index contributed by atoms with van der Waals surface area (Å²) in [5.74, 6) is 0.594. The van der Waals surface area contributed by atoms with E-state index in [1.54, 1.807) is 63.6 Å². The number of benzene rings is 3. The highest BCUT2D eigenvalue weighted by Gasteiger charge is 2.39. The van der Waals surface area contributed by atoms with Gasteiger partial charge < -0.3 is 54.5 Å². The summed E-state index contributed by atoms with van der Waals surface area (Å²) in [7, 11) is 4.90. The fraction of sp³-hybridized carbons (Fsp3) is 0.373. The van der Waals surface area contributed by atoms with Crippen LogP contribution in [0.1, 0.15) is 69.8 Å². The molecular weight excluding hydrogens is 1350 g/mol. The number of hydrogen-bond donors (Lipinski definition) is 3. The first-order valence-corrected chi connectivity index (χ1v) is 33.6. The zero-order chi connectivity index (χ0) is 61.7. The van der Waals surface area contributed by atoms with E-state index in [4.69, 9.17) is 29.4 Å². The maximum Gasteiger partial charge on any atom is 0.415 e. The number of Topliss-reactive ketones (excluding diaryl/α,β-unsaturated/α-hetero) is 2. The van der Waals surface area contributed by atoms with Crippen molar-refractivity contribution in [3.05, 3.63) is 129 Å². The molecule has 8 aliphatic heterocycles. The molecule has 86 heavy (non-hydrogen) atoms. The van der Waals surface area contributed by atoms with Crippen molar-refractivity contribution in [1.29, 1.82) is 0 Å². The topological polar surface area (TPSA) is 269 Å². The molecule has 27 heteroatoms. The number of cyclic esters (lactones) is 2. The molecule has 0 aliphatic carbocycles. The molecule has 4 N–H and O–H groups in total. The molecule has 2 aromatic heterocycles. The molecule has 4 atom stereocenters. The summed E-state index contributed by atoms with van der Waals surface area (Å²) < 4.78 is 67.8. The Hall–Kier alpha value is -7.32. The largest absolute Gasteiger partial charge is 0.484 e. The number of ether oxygens (including phenoxy) is 5. The average molecular weight is 1410 g/mol. The molecule has 22 nitrogen and oxygen atoms in total. The minimum Gasteiger partial charge on any atom is -0.484 e. The third-order valence-electron chi connectivity index (χ3n) is 15.2. The highest BCUT2D eigenvalue weighted by molar-refractivity contribution is 15.0. The van der Waals surface area contributed by atoms with E-state index in [9.17, 15) is 51.8 Å². The molecule has 0 spiro atoms. The lowest BCUT2D eigenvalue weighted by Crippen LogP contribution is -2.29. The van der Waals surface area contributed by atoms with Crippen LogP contribution >= 0.6 is 37.2 Å². The molecule has 3 saturated heterocycles. The molecule has 0 bridgehead atoms. The lowest BCUT2D eigenvalue weighted by atomic mass is 10.0. The average Bonchev–Trinajstić information content (AvgIpc) is 1.85. The van der Waals surface area contributed by atoms with Crippen molar-refractivity contribution in [2.24, 2.45) is 5.73 Å². The van der Waals surface area contributed by atoms with Gasteiger partial charge in [-0.05, 0) is 85.1 Å². The quantitative estimate of drug-likeness (QED) is 0.0665. The van der Waals surface area contributed by atoms with Crippen LogP contribution in [0.2, 0.25) is 0 Å². The Morgan fingerprint density at radius 2 is 1.13 bits per heavy atom. The Bertz CT molecular complexity index is 3520. The minimum atomic E-state index is -1.15. The van der Waals surface area contributed by atoms with E-state index in [0.717, 1.165) is 11.1 Å². The third-order valence-corrected chi connectivity index (χ3v) is 15.2. The third kappa shape index (κ3) is 13.8. The van der Waals surface area contributed by atoms with E-state index in [2.05, 4.69) is 59.1 Å². The Balaban J connectivity index is 0.000000146. The number of amides is 5. The molecule has 4 unspecified atom stereocenters. The highest BCUT2D eigenvalue weighted by atomic mass is 128. The van der Waals surface area contributed by atoms with E-state index in [0.29, 0.717) is 120 Å². The summed E-state index contributed by atoms with van der Waals surface area (Å²) in [4.78, 5) is 98.1. The predicted octanol–water partition coefficient (Wildman–Crippen LogP) is 6.72. The number of aliphatic hydroxyl groups excluding tert-OH is 1. The smallest absolute Gasteiger partial charge is 0.415 e. The number of nitrogens with zero attached hydrogens (tertiary/aromatic N) is 7. The molecule has 3 aromatic carbocycles.